The highest BCUT2D eigenvalue weighted by Gasteiger charge is 2.32. The number of aliphatic carboxylic acids is 1. The molecule has 0 aromatic heterocycles. The molecule has 0 aromatic carbocycles. The third kappa shape index (κ3) is 4.57. The smallest absolute Gasteiger partial charge is 0.317 e. The standard InChI is InChI=1S/C14H25N3O4/c1-11-10-12(13(18)19)2-4-17(11)14(20)15-3-5-16-6-8-21-9-7-16/h11-12H,2-10H2,1H3,(H,15,20)(H,18,19). The van der Waals surface area contributed by atoms with Gasteiger partial charge in [-0.1, -0.05) is 0 Å². The molecule has 2 aliphatic heterocycles. The van der Waals surface area contributed by atoms with Gasteiger partial charge in [0, 0.05) is 38.8 Å². The number of piperidine rings is 1. The van der Waals surface area contributed by atoms with Crippen LogP contribution in [0.5, 0.6) is 0 Å². The first-order valence-electron chi connectivity index (χ1n) is 7.65. The highest BCUT2D eigenvalue weighted by atomic mass is 16.5. The van der Waals surface area contributed by atoms with Gasteiger partial charge in [-0.15, -0.1) is 0 Å². The Hall–Kier alpha value is -1.34. The van der Waals surface area contributed by atoms with Gasteiger partial charge in [-0.25, -0.2) is 4.79 Å². The Morgan fingerprint density at radius 2 is 2.00 bits per heavy atom. The number of carbonyl (C=O) groups is 2. The first-order valence-corrected chi connectivity index (χ1v) is 7.65. The fourth-order valence-corrected chi connectivity index (χ4v) is 2.95. The lowest BCUT2D eigenvalue weighted by Gasteiger charge is -2.36. The number of hydrogen-bond acceptors (Lipinski definition) is 4. The van der Waals surface area contributed by atoms with Crippen LogP contribution in [0.15, 0.2) is 0 Å². The maximum atomic E-state index is 12.2. The second-order valence-corrected chi connectivity index (χ2v) is 5.79. The van der Waals surface area contributed by atoms with E-state index in [9.17, 15) is 9.59 Å². The molecule has 2 rings (SSSR count). The molecule has 0 aromatic rings. The van der Waals surface area contributed by atoms with Crippen molar-refractivity contribution in [2.45, 2.75) is 25.8 Å². The molecule has 0 bridgehead atoms. The Labute approximate surface area is 125 Å². The Morgan fingerprint density at radius 1 is 1.29 bits per heavy atom. The zero-order chi connectivity index (χ0) is 15.2. The largest absolute Gasteiger partial charge is 0.481 e. The van der Waals surface area contributed by atoms with Gasteiger partial charge in [0.05, 0.1) is 19.1 Å². The van der Waals surface area contributed by atoms with E-state index in [1.54, 1.807) is 4.90 Å². The van der Waals surface area contributed by atoms with Crippen molar-refractivity contribution in [3.05, 3.63) is 0 Å². The molecular formula is C14H25N3O4. The molecule has 2 aliphatic rings. The van der Waals surface area contributed by atoms with Crippen LogP contribution < -0.4 is 5.32 Å². The van der Waals surface area contributed by atoms with E-state index in [1.807, 2.05) is 6.92 Å². The zero-order valence-corrected chi connectivity index (χ0v) is 12.6. The van der Waals surface area contributed by atoms with Crippen molar-refractivity contribution in [1.29, 1.82) is 0 Å². The first kappa shape index (κ1) is 16.0. The number of urea groups is 1. The van der Waals surface area contributed by atoms with Crippen LogP contribution in [0.25, 0.3) is 0 Å². The van der Waals surface area contributed by atoms with Gasteiger partial charge in [-0.3, -0.25) is 9.69 Å². The van der Waals surface area contributed by atoms with Crippen LogP contribution in [0.1, 0.15) is 19.8 Å². The maximum absolute atomic E-state index is 12.2. The number of rotatable bonds is 4. The van der Waals surface area contributed by atoms with E-state index in [4.69, 9.17) is 9.84 Å². The molecule has 0 aliphatic carbocycles. The first-order chi connectivity index (χ1) is 10.1. The number of nitrogens with zero attached hydrogens (tertiary/aromatic N) is 2. The van der Waals surface area contributed by atoms with Crippen LogP contribution >= 0.6 is 0 Å². The Bertz CT molecular complexity index is 371. The van der Waals surface area contributed by atoms with Gasteiger partial charge >= 0.3 is 12.0 Å². The molecule has 2 N–H and O–H groups in total. The summed E-state index contributed by atoms with van der Waals surface area (Å²) in [6.45, 7) is 7.21. The topological polar surface area (TPSA) is 82.1 Å². The van der Waals surface area contributed by atoms with Crippen molar-refractivity contribution in [2.24, 2.45) is 5.92 Å². The molecule has 7 heteroatoms. The van der Waals surface area contributed by atoms with E-state index in [0.717, 1.165) is 32.8 Å². The summed E-state index contributed by atoms with van der Waals surface area (Å²) in [7, 11) is 0. The number of likely N-dealkylation sites (tertiary alicyclic amines) is 1. The minimum atomic E-state index is -0.755. The Kier molecular flexibility index (Phi) is 5.81. The summed E-state index contributed by atoms with van der Waals surface area (Å²) in [5.74, 6) is -1.08. The van der Waals surface area contributed by atoms with Crippen molar-refractivity contribution < 1.29 is 19.4 Å². The summed E-state index contributed by atoms with van der Waals surface area (Å²) < 4.78 is 5.28. The minimum Gasteiger partial charge on any atom is -0.481 e. The Balaban J connectivity index is 1.69. The molecule has 2 heterocycles. The molecule has 7 nitrogen and oxygen atoms in total. The normalized spacial score (nSPS) is 27.4. The van der Waals surface area contributed by atoms with Crippen LogP contribution in [-0.2, 0) is 9.53 Å². The van der Waals surface area contributed by atoms with E-state index >= 15 is 0 Å². The number of nitrogens with one attached hydrogen (secondary N) is 1. The van der Waals surface area contributed by atoms with Crippen LogP contribution in [0.2, 0.25) is 0 Å². The van der Waals surface area contributed by atoms with Crippen molar-refractivity contribution in [3.8, 4) is 0 Å². The maximum Gasteiger partial charge on any atom is 0.317 e. The van der Waals surface area contributed by atoms with Gasteiger partial charge in [0.25, 0.3) is 0 Å². The number of carbonyl (C=O) groups excluding carboxylic acids is 1. The predicted molar refractivity (Wildman–Crippen MR) is 77.2 cm³/mol. The predicted octanol–water partition coefficient (Wildman–Crippen LogP) is 0.213. The molecule has 21 heavy (non-hydrogen) atoms. The number of morpholine rings is 1. The van der Waals surface area contributed by atoms with Crippen LogP contribution in [0, 0.1) is 5.92 Å². The van der Waals surface area contributed by atoms with E-state index < -0.39 is 5.97 Å². The van der Waals surface area contributed by atoms with Gasteiger partial charge < -0.3 is 20.1 Å². The molecule has 0 spiro atoms. The van der Waals surface area contributed by atoms with Gasteiger partial charge in [0.15, 0.2) is 0 Å². The lowest BCUT2D eigenvalue weighted by molar-refractivity contribution is -0.143. The van der Waals surface area contributed by atoms with Crippen LogP contribution in [0.4, 0.5) is 4.79 Å². The van der Waals surface area contributed by atoms with Gasteiger partial charge in [-0.05, 0) is 19.8 Å². The molecule has 120 valence electrons. The van der Waals surface area contributed by atoms with Gasteiger partial charge in [-0.2, -0.15) is 0 Å². The second kappa shape index (κ2) is 7.61. The Morgan fingerprint density at radius 3 is 2.62 bits per heavy atom. The number of ether oxygens (including phenoxy) is 1. The molecule has 2 unspecified atom stereocenters. The number of hydrogen-bond donors (Lipinski definition) is 2. The third-order valence-electron chi connectivity index (χ3n) is 4.29. The highest BCUT2D eigenvalue weighted by Crippen LogP contribution is 2.22. The average molecular weight is 299 g/mol. The van der Waals surface area contributed by atoms with Crippen LogP contribution in [0.3, 0.4) is 0 Å². The summed E-state index contributed by atoms with van der Waals surface area (Å²) in [6.07, 6.45) is 1.07. The monoisotopic (exact) mass is 299 g/mol. The summed E-state index contributed by atoms with van der Waals surface area (Å²) in [5.41, 5.74) is 0. The zero-order valence-electron chi connectivity index (χ0n) is 12.6. The fourth-order valence-electron chi connectivity index (χ4n) is 2.95. The molecular weight excluding hydrogens is 274 g/mol. The lowest BCUT2D eigenvalue weighted by atomic mass is 9.92. The van der Waals surface area contributed by atoms with E-state index in [-0.39, 0.29) is 18.0 Å². The van der Waals surface area contributed by atoms with E-state index in [0.29, 0.717) is 25.9 Å². The molecule has 2 saturated heterocycles. The molecule has 2 fully saturated rings. The molecule has 2 atom stereocenters. The van der Waals surface area contributed by atoms with E-state index in [2.05, 4.69) is 10.2 Å². The van der Waals surface area contributed by atoms with Crippen molar-refractivity contribution in [1.82, 2.24) is 15.1 Å². The summed E-state index contributed by atoms with van der Waals surface area (Å²) in [5, 5.41) is 12.0. The van der Waals surface area contributed by atoms with Gasteiger partial charge in [0.2, 0.25) is 0 Å². The number of amides is 2. The SMILES string of the molecule is CC1CC(C(=O)O)CCN1C(=O)NCCN1CCOCC1. The fraction of sp³-hybridized carbons (Fsp3) is 0.857. The number of carboxylic acid groups (broad SMARTS) is 1. The lowest BCUT2D eigenvalue weighted by Crippen LogP contribution is -2.51. The minimum absolute atomic E-state index is 0.0248. The van der Waals surface area contributed by atoms with E-state index in [1.165, 1.54) is 0 Å². The molecule has 2 amide bonds. The van der Waals surface area contributed by atoms with Crippen molar-refractivity contribution in [3.63, 3.8) is 0 Å². The van der Waals surface area contributed by atoms with Crippen LogP contribution in [-0.4, -0.2) is 78.9 Å². The summed E-state index contributed by atoms with van der Waals surface area (Å²) >= 11 is 0. The highest BCUT2D eigenvalue weighted by molar-refractivity contribution is 5.75. The van der Waals surface area contributed by atoms with Crippen molar-refractivity contribution >= 4 is 12.0 Å². The van der Waals surface area contributed by atoms with Gasteiger partial charge in [0.1, 0.15) is 0 Å². The third-order valence-corrected chi connectivity index (χ3v) is 4.29. The average Bonchev–Trinajstić information content (AvgIpc) is 2.48. The molecule has 0 saturated carbocycles. The summed E-state index contributed by atoms with van der Waals surface area (Å²) in [6, 6.07) is -0.108. The molecule has 0 radical (unpaired) electrons. The van der Waals surface area contributed by atoms with Crippen molar-refractivity contribution in [2.75, 3.05) is 45.9 Å². The quantitative estimate of drug-likeness (QED) is 0.775. The summed E-state index contributed by atoms with van der Waals surface area (Å²) in [4.78, 5) is 27.2. The number of carboxylic acids is 1. The second-order valence-electron chi connectivity index (χ2n) is 5.79.